The van der Waals surface area contributed by atoms with Gasteiger partial charge in [0.2, 0.25) is 0 Å². The zero-order chi connectivity index (χ0) is 17.4. The Balaban J connectivity index is 2.39. The molecule has 1 aromatic carbocycles. The fourth-order valence-corrected chi connectivity index (χ4v) is 2.42. The third-order valence-corrected chi connectivity index (χ3v) is 4.08. The van der Waals surface area contributed by atoms with E-state index in [1.807, 2.05) is 6.92 Å². The van der Waals surface area contributed by atoms with E-state index in [1.54, 1.807) is 0 Å². The highest BCUT2D eigenvalue weighted by Crippen LogP contribution is 2.19. The lowest BCUT2D eigenvalue weighted by Crippen LogP contribution is -2.45. The van der Waals surface area contributed by atoms with Crippen molar-refractivity contribution < 1.29 is 14.3 Å². The molecule has 2 amide bonds. The number of urea groups is 1. The van der Waals surface area contributed by atoms with E-state index in [1.165, 1.54) is 12.1 Å². The van der Waals surface area contributed by atoms with Gasteiger partial charge in [-0.1, -0.05) is 31.5 Å². The summed E-state index contributed by atoms with van der Waals surface area (Å²) < 4.78 is 13.3. The molecule has 2 unspecified atom stereocenters. The number of benzene rings is 1. The first-order chi connectivity index (χ1) is 10.9. The van der Waals surface area contributed by atoms with Crippen LogP contribution in [0.4, 0.5) is 9.18 Å². The van der Waals surface area contributed by atoms with E-state index in [2.05, 4.69) is 29.4 Å². The van der Waals surface area contributed by atoms with E-state index in [0.29, 0.717) is 12.1 Å². The SMILES string of the molecule is CCN(CC)C(C)CNC(=O)NCC(O)c1ccc(Cl)c(F)c1. The second kappa shape index (κ2) is 9.70. The third-order valence-electron chi connectivity index (χ3n) is 3.78. The molecular weight excluding hydrogens is 321 g/mol. The van der Waals surface area contributed by atoms with Crippen molar-refractivity contribution in [1.29, 1.82) is 0 Å². The van der Waals surface area contributed by atoms with Gasteiger partial charge in [0.1, 0.15) is 5.82 Å². The first kappa shape index (κ1) is 19.7. The molecule has 0 heterocycles. The second-order valence-electron chi connectivity index (χ2n) is 5.35. The van der Waals surface area contributed by atoms with Crippen molar-refractivity contribution in [3.8, 4) is 0 Å². The number of aliphatic hydroxyl groups is 1. The number of carbonyl (C=O) groups is 1. The molecule has 0 saturated heterocycles. The molecule has 0 fully saturated rings. The highest BCUT2D eigenvalue weighted by atomic mass is 35.5. The highest BCUT2D eigenvalue weighted by molar-refractivity contribution is 6.30. The molecule has 23 heavy (non-hydrogen) atoms. The lowest BCUT2D eigenvalue weighted by atomic mass is 10.1. The monoisotopic (exact) mass is 345 g/mol. The van der Waals surface area contributed by atoms with Gasteiger partial charge in [-0.05, 0) is 37.7 Å². The van der Waals surface area contributed by atoms with Gasteiger partial charge in [-0.25, -0.2) is 9.18 Å². The van der Waals surface area contributed by atoms with E-state index in [0.717, 1.165) is 19.2 Å². The molecule has 0 bridgehead atoms. The standard InChI is InChI=1S/C16H25ClFN3O2/c1-4-21(5-2)11(3)9-19-16(23)20-10-15(22)12-6-7-13(17)14(18)8-12/h6-8,11,15,22H,4-5,9-10H2,1-3H3,(H2,19,20,23). The minimum Gasteiger partial charge on any atom is -0.387 e. The van der Waals surface area contributed by atoms with Gasteiger partial charge in [-0.2, -0.15) is 0 Å². The summed E-state index contributed by atoms with van der Waals surface area (Å²) in [5.41, 5.74) is 0.365. The lowest BCUT2D eigenvalue weighted by Gasteiger charge is -2.26. The summed E-state index contributed by atoms with van der Waals surface area (Å²) in [5, 5.41) is 15.3. The Bertz CT molecular complexity index is 512. The topological polar surface area (TPSA) is 64.6 Å². The van der Waals surface area contributed by atoms with Crippen LogP contribution in [-0.2, 0) is 0 Å². The highest BCUT2D eigenvalue weighted by Gasteiger charge is 2.13. The number of likely N-dealkylation sites (N-methyl/N-ethyl adjacent to an activating group) is 1. The average molecular weight is 346 g/mol. The Morgan fingerprint density at radius 1 is 1.30 bits per heavy atom. The Morgan fingerprint density at radius 2 is 1.91 bits per heavy atom. The van der Waals surface area contributed by atoms with Gasteiger partial charge in [0.25, 0.3) is 0 Å². The number of nitrogens with zero attached hydrogens (tertiary/aromatic N) is 1. The van der Waals surface area contributed by atoms with Crippen LogP contribution in [0.2, 0.25) is 5.02 Å². The molecule has 0 radical (unpaired) electrons. The summed E-state index contributed by atoms with van der Waals surface area (Å²) >= 11 is 5.59. The zero-order valence-corrected chi connectivity index (χ0v) is 14.5. The first-order valence-electron chi connectivity index (χ1n) is 7.77. The van der Waals surface area contributed by atoms with Gasteiger partial charge in [-0.3, -0.25) is 4.90 Å². The molecule has 0 spiro atoms. The summed E-state index contributed by atoms with van der Waals surface area (Å²) in [6.45, 7) is 8.53. The van der Waals surface area contributed by atoms with Crippen molar-refractivity contribution >= 4 is 17.6 Å². The molecule has 1 rings (SSSR count). The molecule has 2 atom stereocenters. The first-order valence-corrected chi connectivity index (χ1v) is 8.15. The molecule has 0 aliphatic carbocycles. The van der Waals surface area contributed by atoms with Crippen LogP contribution in [0.25, 0.3) is 0 Å². The van der Waals surface area contributed by atoms with E-state index in [-0.39, 0.29) is 23.6 Å². The van der Waals surface area contributed by atoms with E-state index in [4.69, 9.17) is 11.6 Å². The number of amides is 2. The summed E-state index contributed by atoms with van der Waals surface area (Å²) in [5.74, 6) is -0.597. The molecular formula is C16H25ClFN3O2. The number of aliphatic hydroxyl groups excluding tert-OH is 1. The predicted molar refractivity (Wildman–Crippen MR) is 90.2 cm³/mol. The molecule has 0 aliphatic rings. The summed E-state index contributed by atoms with van der Waals surface area (Å²) in [7, 11) is 0. The Morgan fingerprint density at radius 3 is 2.48 bits per heavy atom. The van der Waals surface area contributed by atoms with Crippen molar-refractivity contribution in [3.63, 3.8) is 0 Å². The minimum atomic E-state index is -0.993. The molecule has 3 N–H and O–H groups in total. The average Bonchev–Trinajstić information content (AvgIpc) is 2.54. The summed E-state index contributed by atoms with van der Waals surface area (Å²) in [4.78, 5) is 14.0. The Kier molecular flexibility index (Phi) is 8.30. The molecule has 0 aromatic heterocycles. The number of carbonyl (C=O) groups excluding carboxylic acids is 1. The van der Waals surface area contributed by atoms with Crippen LogP contribution in [-0.4, -0.2) is 48.3 Å². The summed E-state index contributed by atoms with van der Waals surface area (Å²) in [6, 6.07) is 3.93. The zero-order valence-electron chi connectivity index (χ0n) is 13.8. The molecule has 0 saturated carbocycles. The van der Waals surface area contributed by atoms with Gasteiger partial charge in [0.05, 0.1) is 11.1 Å². The number of rotatable bonds is 8. The van der Waals surface area contributed by atoms with Crippen LogP contribution < -0.4 is 10.6 Å². The van der Waals surface area contributed by atoms with Crippen LogP contribution in [0, 0.1) is 5.82 Å². The van der Waals surface area contributed by atoms with E-state index in [9.17, 15) is 14.3 Å². The maximum atomic E-state index is 13.3. The van der Waals surface area contributed by atoms with Crippen LogP contribution in [0.15, 0.2) is 18.2 Å². The quantitative estimate of drug-likeness (QED) is 0.678. The minimum absolute atomic E-state index is 0.00274. The van der Waals surface area contributed by atoms with Crippen LogP contribution in [0.5, 0.6) is 0 Å². The maximum absolute atomic E-state index is 13.3. The Hall–Kier alpha value is -1.37. The second-order valence-corrected chi connectivity index (χ2v) is 5.76. The smallest absolute Gasteiger partial charge is 0.314 e. The normalized spacial score (nSPS) is 13.7. The number of hydrogen-bond acceptors (Lipinski definition) is 3. The predicted octanol–water partition coefficient (Wildman–Crippen LogP) is 2.54. The fourth-order valence-electron chi connectivity index (χ4n) is 2.31. The number of hydrogen-bond donors (Lipinski definition) is 3. The van der Waals surface area contributed by atoms with Crippen molar-refractivity contribution in [2.24, 2.45) is 0 Å². The van der Waals surface area contributed by atoms with Crippen LogP contribution in [0.3, 0.4) is 0 Å². The maximum Gasteiger partial charge on any atom is 0.314 e. The van der Waals surface area contributed by atoms with E-state index < -0.39 is 11.9 Å². The van der Waals surface area contributed by atoms with Crippen molar-refractivity contribution in [2.75, 3.05) is 26.2 Å². The van der Waals surface area contributed by atoms with Crippen molar-refractivity contribution in [2.45, 2.75) is 32.9 Å². The third kappa shape index (κ3) is 6.33. The van der Waals surface area contributed by atoms with Gasteiger partial charge in [0.15, 0.2) is 0 Å². The van der Waals surface area contributed by atoms with Crippen molar-refractivity contribution in [3.05, 3.63) is 34.6 Å². The van der Waals surface area contributed by atoms with Crippen LogP contribution >= 0.6 is 11.6 Å². The van der Waals surface area contributed by atoms with Crippen molar-refractivity contribution in [1.82, 2.24) is 15.5 Å². The molecule has 5 nitrogen and oxygen atoms in total. The van der Waals surface area contributed by atoms with Gasteiger partial charge < -0.3 is 15.7 Å². The Labute approximate surface area is 141 Å². The van der Waals surface area contributed by atoms with Crippen LogP contribution in [0.1, 0.15) is 32.4 Å². The molecule has 130 valence electrons. The molecule has 0 aliphatic heterocycles. The molecule has 1 aromatic rings. The lowest BCUT2D eigenvalue weighted by molar-refractivity contribution is 0.171. The van der Waals surface area contributed by atoms with E-state index >= 15 is 0 Å². The molecule has 7 heteroatoms. The number of halogens is 2. The van der Waals surface area contributed by atoms with Gasteiger partial charge in [0, 0.05) is 19.1 Å². The largest absolute Gasteiger partial charge is 0.387 e. The number of nitrogens with one attached hydrogen (secondary N) is 2. The van der Waals surface area contributed by atoms with Gasteiger partial charge in [-0.15, -0.1) is 0 Å². The summed E-state index contributed by atoms with van der Waals surface area (Å²) in [6.07, 6.45) is -0.993. The fraction of sp³-hybridized carbons (Fsp3) is 0.562. The van der Waals surface area contributed by atoms with Gasteiger partial charge >= 0.3 is 6.03 Å².